The first-order chi connectivity index (χ1) is 13.2. The number of aliphatic imine (C=N–C) groups is 1. The first-order valence-corrected chi connectivity index (χ1v) is 9.50. The van der Waals surface area contributed by atoms with Crippen LogP contribution in [0.2, 0.25) is 0 Å². The Morgan fingerprint density at radius 2 is 2.00 bits per heavy atom. The summed E-state index contributed by atoms with van der Waals surface area (Å²) in [5.74, 6) is 0.854. The molecule has 6 nitrogen and oxygen atoms in total. The van der Waals surface area contributed by atoms with E-state index in [1.807, 2.05) is 23.9 Å². The van der Waals surface area contributed by atoms with Gasteiger partial charge in [0.05, 0.1) is 6.54 Å². The third kappa shape index (κ3) is 5.40. The Bertz CT molecular complexity index is 891. The lowest BCUT2D eigenvalue weighted by Gasteiger charge is -2.23. The van der Waals surface area contributed by atoms with E-state index in [0.717, 1.165) is 17.0 Å². The molecule has 0 spiro atoms. The standard InChI is InChI=1S/C20H23BrN6/c1-22-20(26(2)13-18-8-3-4-9-19(18)21)24-11-16-6-5-7-17(10-16)12-27-15-23-14-25-27/h3-10,14-15H,11-13H2,1-2H3,(H,22,24). The predicted molar refractivity (Wildman–Crippen MR) is 111 cm³/mol. The van der Waals surface area contributed by atoms with Gasteiger partial charge in [0.15, 0.2) is 5.96 Å². The molecule has 1 aromatic heterocycles. The minimum atomic E-state index is 0.707. The van der Waals surface area contributed by atoms with Crippen LogP contribution in [0, 0.1) is 0 Å². The Hall–Kier alpha value is -2.67. The highest BCUT2D eigenvalue weighted by Crippen LogP contribution is 2.17. The van der Waals surface area contributed by atoms with Gasteiger partial charge in [-0.15, -0.1) is 0 Å². The van der Waals surface area contributed by atoms with Crippen molar-refractivity contribution in [3.05, 3.63) is 82.3 Å². The average Bonchev–Trinajstić information content (AvgIpc) is 3.17. The molecule has 0 fully saturated rings. The maximum absolute atomic E-state index is 4.41. The van der Waals surface area contributed by atoms with Crippen molar-refractivity contribution in [3.8, 4) is 0 Å². The Kier molecular flexibility index (Phi) is 6.59. The zero-order valence-corrected chi connectivity index (χ0v) is 17.1. The normalized spacial score (nSPS) is 11.4. The summed E-state index contributed by atoms with van der Waals surface area (Å²) in [6.07, 6.45) is 3.28. The van der Waals surface area contributed by atoms with Gasteiger partial charge >= 0.3 is 0 Å². The summed E-state index contributed by atoms with van der Waals surface area (Å²) in [6, 6.07) is 16.7. The van der Waals surface area contributed by atoms with Gasteiger partial charge in [-0.25, -0.2) is 9.67 Å². The van der Waals surface area contributed by atoms with E-state index >= 15 is 0 Å². The van der Waals surface area contributed by atoms with Crippen molar-refractivity contribution in [1.82, 2.24) is 25.0 Å². The molecule has 0 aliphatic carbocycles. The smallest absolute Gasteiger partial charge is 0.193 e. The second-order valence-electron chi connectivity index (χ2n) is 6.26. The van der Waals surface area contributed by atoms with E-state index in [1.54, 1.807) is 19.7 Å². The third-order valence-corrected chi connectivity index (χ3v) is 4.97. The number of rotatable bonds is 6. The average molecular weight is 427 g/mol. The van der Waals surface area contributed by atoms with Gasteiger partial charge in [-0.1, -0.05) is 58.4 Å². The first-order valence-electron chi connectivity index (χ1n) is 8.71. The van der Waals surface area contributed by atoms with Crippen LogP contribution in [0.1, 0.15) is 16.7 Å². The fraction of sp³-hybridized carbons (Fsp3) is 0.250. The molecule has 0 amide bonds. The van der Waals surface area contributed by atoms with Crippen LogP contribution in [0.4, 0.5) is 0 Å². The molecule has 0 saturated carbocycles. The molecule has 3 aromatic rings. The number of hydrogen-bond donors (Lipinski definition) is 1. The molecule has 0 saturated heterocycles. The summed E-state index contributed by atoms with van der Waals surface area (Å²) < 4.78 is 2.92. The van der Waals surface area contributed by atoms with Gasteiger partial charge in [-0.05, 0) is 22.8 Å². The fourth-order valence-electron chi connectivity index (χ4n) is 2.86. The van der Waals surface area contributed by atoms with Crippen LogP contribution >= 0.6 is 15.9 Å². The first kappa shape index (κ1) is 19.1. The van der Waals surface area contributed by atoms with Crippen molar-refractivity contribution >= 4 is 21.9 Å². The van der Waals surface area contributed by atoms with E-state index in [4.69, 9.17) is 0 Å². The van der Waals surface area contributed by atoms with E-state index in [0.29, 0.717) is 13.1 Å². The summed E-state index contributed by atoms with van der Waals surface area (Å²) >= 11 is 3.61. The number of halogens is 1. The van der Waals surface area contributed by atoms with Crippen LogP contribution in [0.3, 0.4) is 0 Å². The van der Waals surface area contributed by atoms with E-state index in [-0.39, 0.29) is 0 Å². The highest BCUT2D eigenvalue weighted by atomic mass is 79.9. The summed E-state index contributed by atoms with van der Waals surface area (Å²) in [5, 5.41) is 7.60. The highest BCUT2D eigenvalue weighted by molar-refractivity contribution is 9.10. The second-order valence-corrected chi connectivity index (χ2v) is 7.12. The van der Waals surface area contributed by atoms with Gasteiger partial charge in [0.1, 0.15) is 12.7 Å². The van der Waals surface area contributed by atoms with Crippen molar-refractivity contribution in [3.63, 3.8) is 0 Å². The third-order valence-electron chi connectivity index (χ3n) is 4.19. The van der Waals surface area contributed by atoms with E-state index < -0.39 is 0 Å². The molecular formula is C20H23BrN6. The topological polar surface area (TPSA) is 58.3 Å². The van der Waals surface area contributed by atoms with Crippen LogP contribution in [-0.2, 0) is 19.6 Å². The van der Waals surface area contributed by atoms with Crippen molar-refractivity contribution in [2.45, 2.75) is 19.6 Å². The van der Waals surface area contributed by atoms with Gasteiger partial charge in [0.25, 0.3) is 0 Å². The second kappa shape index (κ2) is 9.32. The molecule has 0 aliphatic rings. The van der Waals surface area contributed by atoms with Crippen LogP contribution in [0.25, 0.3) is 0 Å². The maximum Gasteiger partial charge on any atom is 0.193 e. The number of nitrogens with one attached hydrogen (secondary N) is 1. The van der Waals surface area contributed by atoms with Crippen LogP contribution < -0.4 is 5.32 Å². The van der Waals surface area contributed by atoms with E-state index in [9.17, 15) is 0 Å². The number of hydrogen-bond acceptors (Lipinski definition) is 3. The molecule has 2 aromatic carbocycles. The molecule has 1 N–H and O–H groups in total. The number of benzene rings is 2. The lowest BCUT2D eigenvalue weighted by atomic mass is 10.1. The molecule has 140 valence electrons. The SMILES string of the molecule is CN=C(NCc1cccc(Cn2cncn2)c1)N(C)Cc1ccccc1Br. The summed E-state index contributed by atoms with van der Waals surface area (Å²) in [6.45, 7) is 2.19. The zero-order chi connectivity index (χ0) is 19.1. The molecule has 0 aliphatic heterocycles. The molecule has 0 unspecified atom stereocenters. The largest absolute Gasteiger partial charge is 0.352 e. The summed E-state index contributed by atoms with van der Waals surface area (Å²) in [5.41, 5.74) is 3.61. The van der Waals surface area contributed by atoms with Crippen molar-refractivity contribution in [2.24, 2.45) is 4.99 Å². The van der Waals surface area contributed by atoms with Crippen molar-refractivity contribution in [1.29, 1.82) is 0 Å². The molecule has 0 atom stereocenters. The van der Waals surface area contributed by atoms with Crippen molar-refractivity contribution < 1.29 is 0 Å². The Balaban J connectivity index is 1.60. The van der Waals surface area contributed by atoms with Crippen molar-refractivity contribution in [2.75, 3.05) is 14.1 Å². The molecular weight excluding hydrogens is 404 g/mol. The monoisotopic (exact) mass is 426 g/mol. The van der Waals surface area contributed by atoms with Gasteiger partial charge in [-0.2, -0.15) is 5.10 Å². The minimum Gasteiger partial charge on any atom is -0.352 e. The summed E-state index contributed by atoms with van der Waals surface area (Å²) in [7, 11) is 3.84. The molecule has 7 heteroatoms. The predicted octanol–water partition coefficient (Wildman–Crippen LogP) is 3.30. The quantitative estimate of drug-likeness (QED) is 0.485. The summed E-state index contributed by atoms with van der Waals surface area (Å²) in [4.78, 5) is 10.5. The fourth-order valence-corrected chi connectivity index (χ4v) is 3.27. The Morgan fingerprint density at radius 3 is 2.74 bits per heavy atom. The number of nitrogens with zero attached hydrogens (tertiary/aromatic N) is 5. The molecule has 0 radical (unpaired) electrons. The van der Waals surface area contributed by atoms with Gasteiger partial charge < -0.3 is 10.2 Å². The van der Waals surface area contributed by atoms with E-state index in [2.05, 4.69) is 77.6 Å². The number of guanidine groups is 1. The van der Waals surface area contributed by atoms with Gasteiger partial charge in [0, 0.05) is 31.7 Å². The lowest BCUT2D eigenvalue weighted by molar-refractivity contribution is 0.475. The van der Waals surface area contributed by atoms with Crippen LogP contribution in [0.5, 0.6) is 0 Å². The maximum atomic E-state index is 4.41. The Labute approximate surface area is 168 Å². The van der Waals surface area contributed by atoms with E-state index in [1.165, 1.54) is 16.7 Å². The molecule has 3 rings (SSSR count). The lowest BCUT2D eigenvalue weighted by Crippen LogP contribution is -2.38. The Morgan fingerprint density at radius 1 is 1.19 bits per heavy atom. The van der Waals surface area contributed by atoms with Crippen LogP contribution in [-0.4, -0.2) is 39.7 Å². The highest BCUT2D eigenvalue weighted by Gasteiger charge is 2.08. The zero-order valence-electron chi connectivity index (χ0n) is 15.5. The molecule has 1 heterocycles. The molecule has 27 heavy (non-hydrogen) atoms. The van der Waals surface area contributed by atoms with Gasteiger partial charge in [-0.3, -0.25) is 4.99 Å². The number of aromatic nitrogens is 3. The minimum absolute atomic E-state index is 0.707. The molecule has 0 bridgehead atoms. The van der Waals surface area contributed by atoms with Crippen LogP contribution in [0.15, 0.2) is 70.7 Å². The van der Waals surface area contributed by atoms with Gasteiger partial charge in [0.2, 0.25) is 0 Å².